The van der Waals surface area contributed by atoms with E-state index in [1.807, 2.05) is 30.3 Å². The van der Waals surface area contributed by atoms with Crippen molar-refractivity contribution in [3.8, 4) is 28.6 Å². The molecule has 0 aliphatic heterocycles. The number of benzene rings is 3. The molecule has 8 nitrogen and oxygen atoms in total. The highest BCUT2D eigenvalue weighted by Crippen LogP contribution is 2.46. The van der Waals surface area contributed by atoms with Crippen LogP contribution >= 0.6 is 23.2 Å². The van der Waals surface area contributed by atoms with Crippen molar-refractivity contribution in [2.45, 2.75) is 25.4 Å². The Hall–Kier alpha value is -4.14. The van der Waals surface area contributed by atoms with Crippen LogP contribution in [-0.2, 0) is 6.61 Å². The summed E-state index contributed by atoms with van der Waals surface area (Å²) in [5.74, 6) is 1.42. The third-order valence-corrected chi connectivity index (χ3v) is 6.83. The second kappa shape index (κ2) is 9.96. The Morgan fingerprint density at radius 3 is 2.34 bits per heavy atom. The number of carbonyl (C=O) groups is 1. The van der Waals surface area contributed by atoms with E-state index in [0.29, 0.717) is 38.7 Å². The Morgan fingerprint density at radius 1 is 0.974 bits per heavy atom. The number of ether oxygens (including phenoxy) is 2. The van der Waals surface area contributed by atoms with E-state index in [-0.39, 0.29) is 18.2 Å². The molecule has 0 saturated heterocycles. The van der Waals surface area contributed by atoms with Gasteiger partial charge in [-0.05, 0) is 60.0 Å². The highest BCUT2D eigenvalue weighted by atomic mass is 35.5. The number of hydrogen-bond acceptors (Lipinski definition) is 7. The Balaban J connectivity index is 1.22. The molecule has 6 rings (SSSR count). The number of aromatic nitrogens is 3. The lowest BCUT2D eigenvalue weighted by Gasteiger charge is -2.11. The molecule has 0 radical (unpaired) electrons. The maximum Gasteiger partial charge on any atom is 0.356 e. The number of nitrogens with zero attached hydrogens (tertiary/aromatic N) is 3. The molecule has 1 aliphatic rings. The molecule has 0 spiro atoms. The van der Waals surface area contributed by atoms with Crippen LogP contribution < -0.4 is 9.47 Å². The topological polar surface area (TPSA) is 108 Å². The highest BCUT2D eigenvalue weighted by Gasteiger charge is 2.33. The van der Waals surface area contributed by atoms with Crippen LogP contribution in [0.15, 0.2) is 71.5 Å². The predicted octanol–water partition coefficient (Wildman–Crippen LogP) is 7.54. The fraction of sp³-hybridized carbons (Fsp3) is 0.143. The molecule has 1 aliphatic carbocycles. The van der Waals surface area contributed by atoms with Crippen LogP contribution in [0.2, 0.25) is 10.0 Å². The summed E-state index contributed by atoms with van der Waals surface area (Å²) in [5, 5.41) is 16.1. The molecule has 2 aromatic heterocycles. The van der Waals surface area contributed by atoms with Gasteiger partial charge in [-0.25, -0.2) is 14.8 Å². The summed E-state index contributed by atoms with van der Waals surface area (Å²) < 4.78 is 17.6. The number of halogens is 2. The standard InChI is InChI=1S/C28H19Cl2N3O5/c29-21-2-1-3-22(30)25(21)26-20(27(38-33-26)15-4-5-15)14-36-18-8-6-17-11-19(9-7-16(17)10-18)37-24-13-31-23(12-32-24)28(34)35/h1-3,6-13,15H,4-5,14H2,(H,34,35). The third-order valence-electron chi connectivity index (χ3n) is 6.20. The molecular formula is C28H19Cl2N3O5. The van der Waals surface area contributed by atoms with E-state index in [2.05, 4.69) is 15.1 Å². The maximum atomic E-state index is 10.9. The third kappa shape index (κ3) is 4.88. The van der Waals surface area contributed by atoms with Crippen molar-refractivity contribution in [2.75, 3.05) is 0 Å². The maximum absolute atomic E-state index is 10.9. The van der Waals surface area contributed by atoms with Gasteiger partial charge in [0.25, 0.3) is 0 Å². The monoisotopic (exact) mass is 547 g/mol. The molecule has 2 heterocycles. The average Bonchev–Trinajstić information content (AvgIpc) is 3.68. The predicted molar refractivity (Wildman–Crippen MR) is 141 cm³/mol. The van der Waals surface area contributed by atoms with Crippen LogP contribution in [0.25, 0.3) is 22.0 Å². The molecule has 0 atom stereocenters. The van der Waals surface area contributed by atoms with Gasteiger partial charge in [0.15, 0.2) is 5.69 Å². The summed E-state index contributed by atoms with van der Waals surface area (Å²) >= 11 is 12.9. The van der Waals surface area contributed by atoms with Gasteiger partial charge in [0.1, 0.15) is 29.6 Å². The Bertz CT molecular complexity index is 1650. The summed E-state index contributed by atoms with van der Waals surface area (Å²) in [7, 11) is 0. The summed E-state index contributed by atoms with van der Waals surface area (Å²) in [6, 6.07) is 16.6. The Kier molecular flexibility index (Phi) is 6.35. The molecular weight excluding hydrogens is 529 g/mol. The fourth-order valence-electron chi connectivity index (χ4n) is 4.16. The fourth-order valence-corrected chi connectivity index (χ4v) is 4.74. The zero-order valence-corrected chi connectivity index (χ0v) is 21.2. The normalized spacial score (nSPS) is 13.0. The number of carboxylic acids is 1. The molecule has 1 saturated carbocycles. The minimum atomic E-state index is -1.15. The van der Waals surface area contributed by atoms with Crippen molar-refractivity contribution >= 4 is 39.9 Å². The molecule has 1 N–H and O–H groups in total. The second-order valence-corrected chi connectivity index (χ2v) is 9.67. The molecule has 3 aromatic carbocycles. The van der Waals surface area contributed by atoms with E-state index >= 15 is 0 Å². The molecule has 0 unspecified atom stereocenters. The number of hydrogen-bond donors (Lipinski definition) is 1. The largest absolute Gasteiger partial charge is 0.489 e. The van der Waals surface area contributed by atoms with Gasteiger partial charge in [-0.1, -0.05) is 46.6 Å². The van der Waals surface area contributed by atoms with E-state index in [9.17, 15) is 4.79 Å². The second-order valence-electron chi connectivity index (χ2n) is 8.85. The first-order valence-electron chi connectivity index (χ1n) is 11.8. The summed E-state index contributed by atoms with van der Waals surface area (Å²) in [4.78, 5) is 18.7. The summed E-state index contributed by atoms with van der Waals surface area (Å²) in [5.41, 5.74) is 1.94. The molecule has 5 aromatic rings. The van der Waals surface area contributed by atoms with Gasteiger partial charge in [-0.15, -0.1) is 0 Å². The Labute approximate surface area is 226 Å². The van der Waals surface area contributed by atoms with Gasteiger partial charge in [0, 0.05) is 11.5 Å². The van der Waals surface area contributed by atoms with E-state index in [1.165, 1.54) is 6.20 Å². The molecule has 1 fully saturated rings. The van der Waals surface area contributed by atoms with Gasteiger partial charge < -0.3 is 19.1 Å². The zero-order valence-electron chi connectivity index (χ0n) is 19.7. The van der Waals surface area contributed by atoms with Gasteiger partial charge in [-0.3, -0.25) is 0 Å². The summed E-state index contributed by atoms with van der Waals surface area (Å²) in [6.45, 7) is 0.254. The molecule has 0 bridgehead atoms. The number of aromatic carboxylic acids is 1. The lowest BCUT2D eigenvalue weighted by Crippen LogP contribution is -2.01. The van der Waals surface area contributed by atoms with Crippen LogP contribution in [0, 0.1) is 0 Å². The first-order chi connectivity index (χ1) is 18.5. The minimum Gasteiger partial charge on any atom is -0.489 e. The number of carboxylic acid groups (broad SMARTS) is 1. The zero-order chi connectivity index (χ0) is 26.2. The summed E-state index contributed by atoms with van der Waals surface area (Å²) in [6.07, 6.45) is 4.52. The average molecular weight is 548 g/mol. The van der Waals surface area contributed by atoms with Crippen LogP contribution in [0.1, 0.15) is 40.6 Å². The lowest BCUT2D eigenvalue weighted by molar-refractivity contribution is 0.0690. The molecule has 38 heavy (non-hydrogen) atoms. The van der Waals surface area contributed by atoms with Gasteiger partial charge >= 0.3 is 5.97 Å². The van der Waals surface area contributed by atoms with Crippen molar-refractivity contribution in [3.63, 3.8) is 0 Å². The quantitative estimate of drug-likeness (QED) is 0.212. The van der Waals surface area contributed by atoms with E-state index in [4.69, 9.17) is 42.3 Å². The van der Waals surface area contributed by atoms with Crippen LogP contribution in [-0.4, -0.2) is 26.2 Å². The van der Waals surface area contributed by atoms with E-state index in [1.54, 1.807) is 24.3 Å². The smallest absolute Gasteiger partial charge is 0.356 e. The van der Waals surface area contributed by atoms with Crippen molar-refractivity contribution in [3.05, 3.63) is 94.1 Å². The first kappa shape index (κ1) is 24.2. The van der Waals surface area contributed by atoms with Gasteiger partial charge in [0.2, 0.25) is 5.88 Å². The van der Waals surface area contributed by atoms with Crippen molar-refractivity contribution in [2.24, 2.45) is 0 Å². The van der Waals surface area contributed by atoms with Crippen molar-refractivity contribution in [1.82, 2.24) is 15.1 Å². The van der Waals surface area contributed by atoms with Crippen LogP contribution in [0.5, 0.6) is 17.4 Å². The lowest BCUT2D eigenvalue weighted by atomic mass is 10.0. The molecule has 0 amide bonds. The minimum absolute atomic E-state index is 0.152. The van der Waals surface area contributed by atoms with Gasteiger partial charge in [0.05, 0.1) is 28.0 Å². The van der Waals surface area contributed by atoms with E-state index in [0.717, 1.165) is 41.1 Å². The van der Waals surface area contributed by atoms with Crippen molar-refractivity contribution in [1.29, 1.82) is 0 Å². The van der Waals surface area contributed by atoms with Gasteiger partial charge in [-0.2, -0.15) is 0 Å². The molecule has 190 valence electrons. The Morgan fingerprint density at radius 2 is 1.68 bits per heavy atom. The van der Waals surface area contributed by atoms with E-state index < -0.39 is 5.97 Å². The highest BCUT2D eigenvalue weighted by molar-refractivity contribution is 6.39. The van der Waals surface area contributed by atoms with Crippen molar-refractivity contribution < 1.29 is 23.9 Å². The SMILES string of the molecule is O=C(O)c1cnc(Oc2ccc3cc(OCc4c(-c5c(Cl)cccc5Cl)noc4C4CC4)ccc3c2)cn1. The van der Waals surface area contributed by atoms with Crippen LogP contribution in [0.3, 0.4) is 0 Å². The number of rotatable bonds is 8. The first-order valence-corrected chi connectivity index (χ1v) is 12.5. The molecule has 10 heteroatoms. The number of fused-ring (bicyclic) bond motifs is 1. The van der Waals surface area contributed by atoms with Crippen LogP contribution in [0.4, 0.5) is 0 Å².